The van der Waals surface area contributed by atoms with E-state index in [2.05, 4.69) is 10.4 Å². The van der Waals surface area contributed by atoms with Crippen molar-refractivity contribution in [3.63, 3.8) is 0 Å². The van der Waals surface area contributed by atoms with E-state index in [1.165, 1.54) is 6.07 Å². The summed E-state index contributed by atoms with van der Waals surface area (Å²) in [5.74, 6) is 0.819. The topological polar surface area (TPSA) is 65.4 Å². The highest BCUT2D eigenvalue weighted by atomic mass is 35.5. The Kier molecular flexibility index (Phi) is 3.98. The van der Waals surface area contributed by atoms with Crippen molar-refractivity contribution in [2.45, 2.75) is 18.9 Å². The molecule has 1 aromatic heterocycles. The highest BCUT2D eigenvalue weighted by molar-refractivity contribution is 6.31. The van der Waals surface area contributed by atoms with Gasteiger partial charge in [-0.15, -0.1) is 0 Å². The summed E-state index contributed by atoms with van der Waals surface area (Å²) >= 11 is 6.24. The first-order valence-corrected chi connectivity index (χ1v) is 9.16. The zero-order chi connectivity index (χ0) is 19.3. The molecule has 28 heavy (non-hydrogen) atoms. The first-order chi connectivity index (χ1) is 13.6. The normalized spacial score (nSPS) is 17.4. The number of fused-ring (bicyclic) bond motifs is 2. The van der Waals surface area contributed by atoms with E-state index in [-0.39, 0.29) is 19.1 Å². The van der Waals surface area contributed by atoms with Crippen molar-refractivity contribution in [2.24, 2.45) is 0 Å². The molecule has 0 fully saturated rings. The van der Waals surface area contributed by atoms with Gasteiger partial charge in [0.2, 0.25) is 12.7 Å². The molecule has 2 aliphatic heterocycles. The fourth-order valence-electron chi connectivity index (χ4n) is 3.70. The van der Waals surface area contributed by atoms with E-state index < -0.39 is 11.7 Å². The number of aromatic nitrogens is 2. The highest BCUT2D eigenvalue weighted by Crippen LogP contribution is 2.41. The molecule has 1 atom stereocenters. The van der Waals surface area contributed by atoms with Crippen molar-refractivity contribution in [2.75, 3.05) is 12.1 Å². The van der Waals surface area contributed by atoms with Gasteiger partial charge in [0.25, 0.3) is 0 Å². The minimum absolute atomic E-state index is 0.114. The van der Waals surface area contributed by atoms with Crippen LogP contribution in [0, 0.1) is 5.82 Å². The Bertz CT molecular complexity index is 1080. The molecule has 0 bridgehead atoms. The average molecular weight is 400 g/mol. The number of nitrogens with zero attached hydrogens (tertiary/aromatic N) is 2. The Labute approximate surface area is 164 Å². The van der Waals surface area contributed by atoms with Crippen LogP contribution < -0.4 is 14.8 Å². The van der Waals surface area contributed by atoms with E-state index in [9.17, 15) is 9.18 Å². The fourth-order valence-corrected chi connectivity index (χ4v) is 4.00. The van der Waals surface area contributed by atoms with Crippen molar-refractivity contribution >= 4 is 23.3 Å². The van der Waals surface area contributed by atoms with Crippen LogP contribution in [0.4, 0.5) is 10.2 Å². The summed E-state index contributed by atoms with van der Waals surface area (Å²) in [6.07, 6.45) is 1.78. The molecule has 1 amide bonds. The van der Waals surface area contributed by atoms with Crippen molar-refractivity contribution < 1.29 is 18.7 Å². The van der Waals surface area contributed by atoms with E-state index in [4.69, 9.17) is 21.1 Å². The molecule has 3 heterocycles. The van der Waals surface area contributed by atoms with Crippen LogP contribution in [0.25, 0.3) is 0 Å². The molecule has 3 aromatic rings. The van der Waals surface area contributed by atoms with Gasteiger partial charge in [0, 0.05) is 28.5 Å². The van der Waals surface area contributed by atoms with Crippen LogP contribution >= 0.6 is 11.6 Å². The number of hydrogen-bond acceptors (Lipinski definition) is 4. The van der Waals surface area contributed by atoms with Gasteiger partial charge in [0.05, 0.1) is 12.7 Å². The van der Waals surface area contributed by atoms with Crippen LogP contribution in [0.2, 0.25) is 5.02 Å². The maximum atomic E-state index is 14.5. The van der Waals surface area contributed by atoms with E-state index in [1.807, 2.05) is 18.2 Å². The van der Waals surface area contributed by atoms with E-state index in [1.54, 1.807) is 23.0 Å². The van der Waals surface area contributed by atoms with Crippen LogP contribution in [0.5, 0.6) is 11.5 Å². The number of amides is 1. The lowest BCUT2D eigenvalue weighted by Crippen LogP contribution is -2.25. The number of halogens is 2. The molecular weight excluding hydrogens is 385 g/mol. The van der Waals surface area contributed by atoms with Crippen LogP contribution in [0.1, 0.15) is 29.0 Å². The lowest BCUT2D eigenvalue weighted by atomic mass is 9.87. The Balaban J connectivity index is 1.52. The van der Waals surface area contributed by atoms with E-state index in [0.29, 0.717) is 34.4 Å². The molecular formula is C20H15ClFN3O3. The second kappa shape index (κ2) is 6.53. The molecule has 142 valence electrons. The molecule has 6 nitrogen and oxygen atoms in total. The zero-order valence-electron chi connectivity index (χ0n) is 14.6. The molecule has 0 spiro atoms. The van der Waals surface area contributed by atoms with Crippen LogP contribution in [0.3, 0.4) is 0 Å². The highest BCUT2D eigenvalue weighted by Gasteiger charge is 2.33. The largest absolute Gasteiger partial charge is 0.454 e. The predicted octanol–water partition coefficient (Wildman–Crippen LogP) is 3.93. The van der Waals surface area contributed by atoms with Gasteiger partial charge in [0.15, 0.2) is 11.5 Å². The fraction of sp³-hybridized carbons (Fsp3) is 0.200. The lowest BCUT2D eigenvalue weighted by molar-refractivity contribution is -0.116. The minimum Gasteiger partial charge on any atom is -0.454 e. The summed E-state index contributed by atoms with van der Waals surface area (Å²) in [5.41, 5.74) is 2.01. The second-order valence-electron chi connectivity index (χ2n) is 6.73. The summed E-state index contributed by atoms with van der Waals surface area (Å²) in [4.78, 5) is 12.3. The standard InChI is InChI=1S/C20H15ClFN3O3/c21-14-2-1-3-15(22)19(14)12-7-18(26)24-20-13(12)8-23-25(20)9-11-4-5-16-17(6-11)28-10-27-16/h1-6,8,12H,7,9-10H2,(H,24,26)/t12-/m1/s1. The van der Waals surface area contributed by atoms with Gasteiger partial charge in [-0.05, 0) is 29.8 Å². The van der Waals surface area contributed by atoms with Crippen molar-refractivity contribution in [1.29, 1.82) is 0 Å². The summed E-state index contributed by atoms with van der Waals surface area (Å²) in [5, 5.41) is 7.58. The number of anilines is 1. The smallest absolute Gasteiger partial charge is 0.231 e. The van der Waals surface area contributed by atoms with Crippen LogP contribution in [-0.4, -0.2) is 22.5 Å². The number of carbonyl (C=O) groups excluding carboxylic acids is 1. The summed E-state index contributed by atoms with van der Waals surface area (Å²) in [6, 6.07) is 10.2. The third-order valence-corrected chi connectivity index (χ3v) is 5.34. The maximum absolute atomic E-state index is 14.5. The summed E-state index contributed by atoms with van der Waals surface area (Å²) in [7, 11) is 0. The number of nitrogens with one attached hydrogen (secondary N) is 1. The second-order valence-corrected chi connectivity index (χ2v) is 7.14. The van der Waals surface area contributed by atoms with Gasteiger partial charge in [-0.3, -0.25) is 4.79 Å². The summed E-state index contributed by atoms with van der Waals surface area (Å²) in [6.45, 7) is 0.626. The SMILES string of the molecule is O=C1C[C@@H](c2c(F)cccc2Cl)c2cnn(Cc3ccc4c(c3)OCO4)c2N1. The first-order valence-electron chi connectivity index (χ1n) is 8.78. The molecule has 0 unspecified atom stereocenters. The quantitative estimate of drug-likeness (QED) is 0.724. The van der Waals surface area contributed by atoms with E-state index in [0.717, 1.165) is 11.1 Å². The van der Waals surface area contributed by atoms with Crippen molar-refractivity contribution in [3.05, 3.63) is 70.1 Å². The number of ether oxygens (including phenoxy) is 2. The van der Waals surface area contributed by atoms with Gasteiger partial charge in [-0.1, -0.05) is 23.7 Å². The van der Waals surface area contributed by atoms with Crippen molar-refractivity contribution in [3.8, 4) is 11.5 Å². The molecule has 0 radical (unpaired) electrons. The van der Waals surface area contributed by atoms with Crippen LogP contribution in [0.15, 0.2) is 42.6 Å². The van der Waals surface area contributed by atoms with Gasteiger partial charge in [-0.25, -0.2) is 9.07 Å². The zero-order valence-corrected chi connectivity index (χ0v) is 15.4. The number of carbonyl (C=O) groups is 1. The van der Waals surface area contributed by atoms with Gasteiger partial charge in [0.1, 0.15) is 11.6 Å². The molecule has 5 rings (SSSR count). The average Bonchev–Trinajstić information content (AvgIpc) is 3.28. The predicted molar refractivity (Wildman–Crippen MR) is 100 cm³/mol. The summed E-state index contributed by atoms with van der Waals surface area (Å²) < 4.78 is 26.9. The minimum atomic E-state index is -0.483. The number of rotatable bonds is 3. The van der Waals surface area contributed by atoms with Gasteiger partial charge >= 0.3 is 0 Å². The molecule has 0 aliphatic carbocycles. The molecule has 0 saturated heterocycles. The Morgan fingerprint density at radius 3 is 2.96 bits per heavy atom. The van der Waals surface area contributed by atoms with Gasteiger partial charge < -0.3 is 14.8 Å². The Hall–Kier alpha value is -3.06. The van der Waals surface area contributed by atoms with Crippen molar-refractivity contribution in [1.82, 2.24) is 9.78 Å². The third-order valence-electron chi connectivity index (χ3n) is 5.01. The third kappa shape index (κ3) is 2.79. The Morgan fingerprint density at radius 2 is 2.11 bits per heavy atom. The maximum Gasteiger partial charge on any atom is 0.231 e. The van der Waals surface area contributed by atoms with Gasteiger partial charge in [-0.2, -0.15) is 5.10 Å². The molecule has 8 heteroatoms. The lowest BCUT2D eigenvalue weighted by Gasteiger charge is -2.24. The monoisotopic (exact) mass is 399 g/mol. The van der Waals surface area contributed by atoms with Crippen LogP contribution in [-0.2, 0) is 11.3 Å². The molecule has 1 N–H and O–H groups in total. The molecule has 2 aliphatic rings. The Morgan fingerprint density at radius 1 is 1.25 bits per heavy atom. The number of hydrogen-bond donors (Lipinski definition) is 1. The number of benzene rings is 2. The molecule has 2 aromatic carbocycles. The molecule has 0 saturated carbocycles. The van der Waals surface area contributed by atoms with E-state index >= 15 is 0 Å². The first kappa shape index (κ1) is 17.1.